The van der Waals surface area contributed by atoms with Crippen molar-refractivity contribution in [1.29, 1.82) is 0 Å². The molecule has 2 aromatic rings. The minimum Gasteiger partial charge on any atom is -0.497 e. The van der Waals surface area contributed by atoms with Crippen LogP contribution in [0.5, 0.6) is 5.75 Å². The third-order valence-electron chi connectivity index (χ3n) is 4.40. The second-order valence-electron chi connectivity index (χ2n) is 6.28. The Kier molecular flexibility index (Phi) is 5.14. The third-order valence-corrected chi connectivity index (χ3v) is 4.40. The van der Waals surface area contributed by atoms with Gasteiger partial charge in [-0.15, -0.1) is 0 Å². The van der Waals surface area contributed by atoms with Gasteiger partial charge in [-0.1, -0.05) is 6.07 Å². The van der Waals surface area contributed by atoms with Crippen LogP contribution in [0.2, 0.25) is 0 Å². The van der Waals surface area contributed by atoms with Gasteiger partial charge in [0.25, 0.3) is 0 Å². The van der Waals surface area contributed by atoms with Gasteiger partial charge in [0.2, 0.25) is 5.91 Å². The highest BCUT2D eigenvalue weighted by molar-refractivity contribution is 5.92. The number of likely N-dealkylation sites (N-methyl/N-ethyl adjacent to an activating group) is 1. The van der Waals surface area contributed by atoms with Gasteiger partial charge < -0.3 is 15.0 Å². The number of aromatic nitrogens is 2. The molecular weight excluding hydrogens is 318 g/mol. The minimum absolute atomic E-state index is 0.0348. The van der Waals surface area contributed by atoms with Crippen LogP contribution < -0.4 is 15.0 Å². The molecule has 1 aliphatic heterocycles. The Labute approximate surface area is 147 Å². The predicted molar refractivity (Wildman–Crippen MR) is 97.0 cm³/mol. The Morgan fingerprint density at radius 2 is 2.24 bits per heavy atom. The van der Waals surface area contributed by atoms with Gasteiger partial charge in [0.05, 0.1) is 13.7 Å². The molecule has 3 rings (SSSR count). The molecule has 2 heterocycles. The maximum absolute atomic E-state index is 12.2. The van der Waals surface area contributed by atoms with E-state index in [1.807, 2.05) is 38.4 Å². The van der Waals surface area contributed by atoms with E-state index < -0.39 is 0 Å². The first-order chi connectivity index (χ1) is 12.1. The molecule has 1 aromatic carbocycles. The molecule has 1 N–H and O–H groups in total. The van der Waals surface area contributed by atoms with Crippen LogP contribution in [0.4, 0.5) is 11.5 Å². The number of rotatable bonds is 6. The number of hydrogen-bond donors (Lipinski definition) is 1. The fourth-order valence-corrected chi connectivity index (χ4v) is 2.89. The summed E-state index contributed by atoms with van der Waals surface area (Å²) in [5.74, 6) is 1.66. The van der Waals surface area contributed by atoms with Crippen LogP contribution >= 0.6 is 0 Å². The van der Waals surface area contributed by atoms with Crippen LogP contribution in [-0.4, -0.2) is 60.6 Å². The average molecular weight is 341 g/mol. The Hall–Kier alpha value is -2.67. The second kappa shape index (κ2) is 7.48. The standard InChI is InChI=1S/C18H23N5O2/c1-13-8-19-12-20-18(13)23-9-15(10-23)22(2)11-17(24)21-14-5-4-6-16(7-14)25-3/h4-8,12,15H,9-11H2,1-3H3,(H,21,24). The SMILES string of the molecule is COc1cccc(NC(=O)CN(C)C2CN(c3ncncc3C)C2)c1. The van der Waals surface area contributed by atoms with E-state index in [4.69, 9.17) is 4.74 Å². The summed E-state index contributed by atoms with van der Waals surface area (Å²) in [7, 11) is 3.58. The van der Waals surface area contributed by atoms with Gasteiger partial charge in [0, 0.05) is 42.6 Å². The first-order valence-electron chi connectivity index (χ1n) is 8.22. The summed E-state index contributed by atoms with van der Waals surface area (Å²) in [4.78, 5) is 24.9. The summed E-state index contributed by atoms with van der Waals surface area (Å²) in [5, 5.41) is 2.91. The van der Waals surface area contributed by atoms with Crippen molar-refractivity contribution in [1.82, 2.24) is 14.9 Å². The van der Waals surface area contributed by atoms with Crippen LogP contribution in [0.3, 0.4) is 0 Å². The molecule has 1 amide bonds. The zero-order chi connectivity index (χ0) is 17.8. The Morgan fingerprint density at radius 1 is 1.44 bits per heavy atom. The molecule has 1 aromatic heterocycles. The van der Waals surface area contributed by atoms with Crippen molar-refractivity contribution in [3.63, 3.8) is 0 Å². The zero-order valence-electron chi connectivity index (χ0n) is 14.8. The lowest BCUT2D eigenvalue weighted by molar-refractivity contribution is -0.117. The van der Waals surface area contributed by atoms with E-state index in [1.165, 1.54) is 0 Å². The number of nitrogens with one attached hydrogen (secondary N) is 1. The van der Waals surface area contributed by atoms with Crippen molar-refractivity contribution < 1.29 is 9.53 Å². The topological polar surface area (TPSA) is 70.6 Å². The molecule has 132 valence electrons. The first-order valence-corrected chi connectivity index (χ1v) is 8.22. The molecule has 0 unspecified atom stereocenters. The number of carbonyl (C=O) groups is 1. The molecule has 25 heavy (non-hydrogen) atoms. The smallest absolute Gasteiger partial charge is 0.238 e. The van der Waals surface area contributed by atoms with E-state index in [-0.39, 0.29) is 5.91 Å². The lowest BCUT2D eigenvalue weighted by Gasteiger charge is -2.44. The Bertz CT molecular complexity index is 746. The van der Waals surface area contributed by atoms with Gasteiger partial charge in [0.1, 0.15) is 17.9 Å². The molecule has 0 radical (unpaired) electrons. The average Bonchev–Trinajstić information content (AvgIpc) is 2.55. The summed E-state index contributed by atoms with van der Waals surface area (Å²) < 4.78 is 5.17. The molecule has 1 aliphatic rings. The number of anilines is 2. The van der Waals surface area contributed by atoms with Crippen molar-refractivity contribution in [3.05, 3.63) is 42.4 Å². The monoisotopic (exact) mass is 341 g/mol. The molecular formula is C18H23N5O2. The largest absolute Gasteiger partial charge is 0.497 e. The van der Waals surface area contributed by atoms with Crippen LogP contribution in [0.1, 0.15) is 5.56 Å². The molecule has 0 bridgehead atoms. The van der Waals surface area contributed by atoms with Crippen LogP contribution in [0.15, 0.2) is 36.8 Å². The lowest BCUT2D eigenvalue weighted by Crippen LogP contribution is -2.60. The molecule has 1 fully saturated rings. The van der Waals surface area contributed by atoms with E-state index in [0.717, 1.165) is 35.9 Å². The van der Waals surface area contributed by atoms with Gasteiger partial charge in [-0.3, -0.25) is 9.69 Å². The summed E-state index contributed by atoms with van der Waals surface area (Å²) in [6.45, 7) is 4.08. The summed E-state index contributed by atoms with van der Waals surface area (Å²) in [6, 6.07) is 7.70. The van der Waals surface area contributed by atoms with Crippen LogP contribution in [-0.2, 0) is 4.79 Å². The van der Waals surface area contributed by atoms with E-state index in [1.54, 1.807) is 19.5 Å². The van der Waals surface area contributed by atoms with E-state index in [9.17, 15) is 4.79 Å². The van der Waals surface area contributed by atoms with Crippen molar-refractivity contribution in [2.75, 3.05) is 44.0 Å². The molecule has 0 saturated carbocycles. The van der Waals surface area contributed by atoms with Crippen LogP contribution in [0, 0.1) is 6.92 Å². The highest BCUT2D eigenvalue weighted by atomic mass is 16.5. The third kappa shape index (κ3) is 4.06. The number of ether oxygens (including phenoxy) is 1. The van der Waals surface area contributed by atoms with Gasteiger partial charge in [-0.05, 0) is 26.1 Å². The fourth-order valence-electron chi connectivity index (χ4n) is 2.89. The fraction of sp³-hybridized carbons (Fsp3) is 0.389. The Balaban J connectivity index is 1.49. The molecule has 7 heteroatoms. The highest BCUT2D eigenvalue weighted by Crippen LogP contribution is 2.23. The van der Waals surface area contributed by atoms with Crippen molar-refractivity contribution in [2.45, 2.75) is 13.0 Å². The quantitative estimate of drug-likeness (QED) is 0.860. The highest BCUT2D eigenvalue weighted by Gasteiger charge is 2.32. The summed E-state index contributed by atoms with van der Waals surface area (Å²) in [6.07, 6.45) is 3.39. The van der Waals surface area contributed by atoms with Gasteiger partial charge in [0.15, 0.2) is 0 Å². The number of aryl methyl sites for hydroxylation is 1. The first kappa shape index (κ1) is 17.2. The van der Waals surface area contributed by atoms with Gasteiger partial charge >= 0.3 is 0 Å². The molecule has 1 saturated heterocycles. The molecule has 0 atom stereocenters. The maximum Gasteiger partial charge on any atom is 0.238 e. The zero-order valence-corrected chi connectivity index (χ0v) is 14.8. The predicted octanol–water partition coefficient (Wildman–Crippen LogP) is 1.55. The number of methoxy groups -OCH3 is 1. The number of carbonyl (C=O) groups excluding carboxylic acids is 1. The normalized spacial score (nSPS) is 14.3. The molecule has 0 spiro atoms. The van der Waals surface area contributed by atoms with Crippen molar-refractivity contribution in [2.24, 2.45) is 0 Å². The van der Waals surface area contributed by atoms with Crippen LogP contribution in [0.25, 0.3) is 0 Å². The molecule has 0 aliphatic carbocycles. The number of amides is 1. The maximum atomic E-state index is 12.2. The van der Waals surface area contributed by atoms with E-state index >= 15 is 0 Å². The van der Waals surface area contributed by atoms with Gasteiger partial charge in [-0.2, -0.15) is 0 Å². The minimum atomic E-state index is -0.0348. The lowest BCUT2D eigenvalue weighted by atomic mass is 10.1. The number of benzene rings is 1. The van der Waals surface area contributed by atoms with Crippen molar-refractivity contribution >= 4 is 17.4 Å². The summed E-state index contributed by atoms with van der Waals surface area (Å²) >= 11 is 0. The van der Waals surface area contributed by atoms with Gasteiger partial charge in [-0.25, -0.2) is 9.97 Å². The Morgan fingerprint density at radius 3 is 2.96 bits per heavy atom. The van der Waals surface area contributed by atoms with Crippen molar-refractivity contribution in [3.8, 4) is 5.75 Å². The number of hydrogen-bond acceptors (Lipinski definition) is 6. The second-order valence-corrected chi connectivity index (χ2v) is 6.28. The van der Waals surface area contributed by atoms with E-state index in [0.29, 0.717) is 12.6 Å². The molecule has 7 nitrogen and oxygen atoms in total. The van der Waals surface area contributed by atoms with E-state index in [2.05, 4.69) is 25.1 Å². The number of nitrogens with zero attached hydrogens (tertiary/aromatic N) is 4. The summed E-state index contributed by atoms with van der Waals surface area (Å²) in [5.41, 5.74) is 1.81.